The molecule has 0 aliphatic carbocycles. The van der Waals surface area contributed by atoms with E-state index in [-0.39, 0.29) is 11.6 Å². The molecule has 0 bridgehead atoms. The number of hydrogen-bond donors (Lipinski definition) is 1. The standard InChI is InChI=1S/C21H17N3O3/c1-13-11-15(12-19-18-5-3-4-6-20(18)22-21(19)25)14(2)23(13)16-7-9-17(10-8-16)24(26)27/h3-12H,1-2H3,(H,22,25)/b19-12-. The Balaban J connectivity index is 1.78. The van der Waals surface area contributed by atoms with Crippen LogP contribution in [0.5, 0.6) is 0 Å². The Hall–Kier alpha value is -3.67. The van der Waals surface area contributed by atoms with Crippen LogP contribution in [-0.2, 0) is 4.79 Å². The maximum atomic E-state index is 12.4. The normalized spacial score (nSPS) is 14.3. The van der Waals surface area contributed by atoms with E-state index >= 15 is 0 Å². The molecule has 1 aromatic heterocycles. The highest BCUT2D eigenvalue weighted by molar-refractivity contribution is 6.34. The molecule has 0 saturated carbocycles. The zero-order valence-corrected chi connectivity index (χ0v) is 14.9. The molecule has 0 spiro atoms. The Labute approximate surface area is 155 Å². The number of para-hydroxylation sites is 1. The van der Waals surface area contributed by atoms with Crippen LogP contribution in [0.2, 0.25) is 0 Å². The molecule has 27 heavy (non-hydrogen) atoms. The van der Waals surface area contributed by atoms with E-state index in [9.17, 15) is 14.9 Å². The zero-order chi connectivity index (χ0) is 19.1. The van der Waals surface area contributed by atoms with E-state index in [0.29, 0.717) is 5.57 Å². The molecule has 2 heterocycles. The van der Waals surface area contributed by atoms with Crippen LogP contribution in [0.3, 0.4) is 0 Å². The van der Waals surface area contributed by atoms with E-state index in [1.165, 1.54) is 12.1 Å². The van der Waals surface area contributed by atoms with Crippen molar-refractivity contribution in [1.82, 2.24) is 4.57 Å². The minimum absolute atomic E-state index is 0.0581. The molecule has 1 aliphatic heterocycles. The fourth-order valence-electron chi connectivity index (χ4n) is 3.49. The molecule has 1 amide bonds. The number of non-ortho nitro benzene ring substituents is 1. The lowest BCUT2D eigenvalue weighted by Crippen LogP contribution is -2.03. The summed E-state index contributed by atoms with van der Waals surface area (Å²) < 4.78 is 2.02. The summed E-state index contributed by atoms with van der Waals surface area (Å²) in [4.78, 5) is 22.8. The molecule has 0 saturated heterocycles. The first-order valence-corrected chi connectivity index (χ1v) is 8.52. The van der Waals surface area contributed by atoms with Crippen molar-refractivity contribution in [3.63, 3.8) is 0 Å². The van der Waals surface area contributed by atoms with Crippen molar-refractivity contribution in [2.75, 3.05) is 5.32 Å². The third kappa shape index (κ3) is 2.81. The fraction of sp³-hybridized carbons (Fsp3) is 0.0952. The lowest BCUT2D eigenvalue weighted by molar-refractivity contribution is -0.384. The number of carbonyl (C=O) groups is 1. The Kier molecular flexibility index (Phi) is 3.88. The number of amides is 1. The molecule has 6 nitrogen and oxygen atoms in total. The number of nitrogens with one attached hydrogen (secondary N) is 1. The summed E-state index contributed by atoms with van der Waals surface area (Å²) in [6, 6.07) is 16.1. The van der Waals surface area contributed by atoms with Gasteiger partial charge in [0.15, 0.2) is 0 Å². The summed E-state index contributed by atoms with van der Waals surface area (Å²) >= 11 is 0. The zero-order valence-electron chi connectivity index (χ0n) is 14.9. The van der Waals surface area contributed by atoms with E-state index in [1.807, 2.05) is 54.8 Å². The molecule has 1 N–H and O–H groups in total. The summed E-state index contributed by atoms with van der Waals surface area (Å²) in [7, 11) is 0. The number of benzene rings is 2. The van der Waals surface area contributed by atoms with E-state index in [1.54, 1.807) is 12.1 Å². The van der Waals surface area contributed by atoms with Gasteiger partial charge in [-0.3, -0.25) is 14.9 Å². The summed E-state index contributed by atoms with van der Waals surface area (Å²) in [5.41, 5.74) is 6.13. The van der Waals surface area contributed by atoms with Gasteiger partial charge < -0.3 is 9.88 Å². The number of hydrogen-bond acceptors (Lipinski definition) is 3. The minimum atomic E-state index is -0.412. The molecule has 1 aliphatic rings. The predicted molar refractivity (Wildman–Crippen MR) is 105 cm³/mol. The summed E-state index contributed by atoms with van der Waals surface area (Å²) in [5, 5.41) is 13.7. The van der Waals surface area contributed by atoms with Gasteiger partial charge in [-0.25, -0.2) is 0 Å². The van der Waals surface area contributed by atoms with E-state index in [2.05, 4.69) is 5.32 Å². The summed E-state index contributed by atoms with van der Waals surface area (Å²) in [6.07, 6.45) is 1.89. The second-order valence-electron chi connectivity index (χ2n) is 6.49. The van der Waals surface area contributed by atoms with Crippen molar-refractivity contribution in [3.8, 4) is 5.69 Å². The molecule has 6 heteroatoms. The lowest BCUT2D eigenvalue weighted by Gasteiger charge is -2.09. The van der Waals surface area contributed by atoms with Gasteiger partial charge in [-0.1, -0.05) is 18.2 Å². The van der Waals surface area contributed by atoms with Gasteiger partial charge in [0, 0.05) is 46.0 Å². The first-order valence-electron chi connectivity index (χ1n) is 8.52. The van der Waals surface area contributed by atoms with Crippen molar-refractivity contribution in [1.29, 1.82) is 0 Å². The summed E-state index contributed by atoms with van der Waals surface area (Å²) in [5.74, 6) is -0.115. The van der Waals surface area contributed by atoms with Gasteiger partial charge in [0.2, 0.25) is 0 Å². The van der Waals surface area contributed by atoms with Crippen LogP contribution in [0, 0.1) is 24.0 Å². The summed E-state index contributed by atoms with van der Waals surface area (Å²) in [6.45, 7) is 3.94. The van der Waals surface area contributed by atoms with Crippen molar-refractivity contribution < 1.29 is 9.72 Å². The number of nitro benzene ring substituents is 1. The third-order valence-electron chi connectivity index (χ3n) is 4.80. The van der Waals surface area contributed by atoms with Crippen LogP contribution < -0.4 is 5.32 Å². The quantitative estimate of drug-likeness (QED) is 0.425. The van der Waals surface area contributed by atoms with Crippen LogP contribution in [0.15, 0.2) is 54.6 Å². The number of fused-ring (bicyclic) bond motifs is 1. The van der Waals surface area contributed by atoms with Crippen molar-refractivity contribution >= 4 is 28.9 Å². The number of rotatable bonds is 3. The molecular formula is C21H17N3O3. The Morgan fingerprint density at radius 1 is 1.07 bits per heavy atom. The first kappa shape index (κ1) is 16.8. The van der Waals surface area contributed by atoms with Crippen LogP contribution in [-0.4, -0.2) is 15.4 Å². The average Bonchev–Trinajstić information content (AvgIpc) is 3.11. The molecule has 0 atom stereocenters. The minimum Gasteiger partial charge on any atom is -0.321 e. The molecule has 4 rings (SSSR count). The third-order valence-corrected chi connectivity index (χ3v) is 4.80. The molecule has 0 fully saturated rings. The lowest BCUT2D eigenvalue weighted by atomic mass is 10.0. The number of nitrogens with zero attached hydrogens (tertiary/aromatic N) is 2. The number of aromatic nitrogens is 1. The maximum Gasteiger partial charge on any atom is 0.269 e. The molecule has 134 valence electrons. The maximum absolute atomic E-state index is 12.4. The average molecular weight is 359 g/mol. The van der Waals surface area contributed by atoms with E-state index in [0.717, 1.165) is 33.9 Å². The van der Waals surface area contributed by atoms with Crippen LogP contribution >= 0.6 is 0 Å². The number of nitro groups is 1. The van der Waals surface area contributed by atoms with Crippen molar-refractivity contribution in [2.24, 2.45) is 0 Å². The Morgan fingerprint density at radius 3 is 2.48 bits per heavy atom. The van der Waals surface area contributed by atoms with Crippen LogP contribution in [0.1, 0.15) is 22.5 Å². The molecule has 0 unspecified atom stereocenters. The van der Waals surface area contributed by atoms with Gasteiger partial charge in [0.05, 0.1) is 4.92 Å². The van der Waals surface area contributed by atoms with E-state index in [4.69, 9.17) is 0 Å². The Bertz CT molecular complexity index is 1110. The highest BCUT2D eigenvalue weighted by Crippen LogP contribution is 2.34. The topological polar surface area (TPSA) is 77.2 Å². The number of anilines is 1. The van der Waals surface area contributed by atoms with Gasteiger partial charge >= 0.3 is 0 Å². The highest BCUT2D eigenvalue weighted by atomic mass is 16.6. The molecule has 2 aromatic carbocycles. The molecule has 3 aromatic rings. The second kappa shape index (κ2) is 6.25. The number of carbonyl (C=O) groups excluding carboxylic acids is 1. The molecule has 0 radical (unpaired) electrons. The fourth-order valence-corrected chi connectivity index (χ4v) is 3.49. The van der Waals surface area contributed by atoms with E-state index < -0.39 is 4.92 Å². The Morgan fingerprint density at radius 2 is 1.78 bits per heavy atom. The first-order chi connectivity index (χ1) is 13.0. The van der Waals surface area contributed by atoms with Crippen molar-refractivity contribution in [3.05, 3.63) is 87.2 Å². The SMILES string of the molecule is Cc1cc(/C=C2\C(=O)Nc3ccccc32)c(C)n1-c1ccc([N+](=O)[O-])cc1. The van der Waals surface area contributed by atoms with Gasteiger partial charge in [0.25, 0.3) is 11.6 Å². The second-order valence-corrected chi connectivity index (χ2v) is 6.49. The predicted octanol–water partition coefficient (Wildman–Crippen LogP) is 4.50. The smallest absolute Gasteiger partial charge is 0.269 e. The number of aryl methyl sites for hydroxylation is 1. The van der Waals surface area contributed by atoms with Gasteiger partial charge in [-0.15, -0.1) is 0 Å². The monoisotopic (exact) mass is 359 g/mol. The van der Waals surface area contributed by atoms with Gasteiger partial charge in [0.1, 0.15) is 0 Å². The molecular weight excluding hydrogens is 342 g/mol. The van der Waals surface area contributed by atoms with Gasteiger partial charge in [-0.2, -0.15) is 0 Å². The van der Waals surface area contributed by atoms with Crippen molar-refractivity contribution in [2.45, 2.75) is 13.8 Å². The van der Waals surface area contributed by atoms with Crippen LogP contribution in [0.4, 0.5) is 11.4 Å². The van der Waals surface area contributed by atoms with Gasteiger partial charge in [-0.05, 0) is 49.8 Å². The van der Waals surface area contributed by atoms with Crippen LogP contribution in [0.25, 0.3) is 17.3 Å². The largest absolute Gasteiger partial charge is 0.321 e. The highest BCUT2D eigenvalue weighted by Gasteiger charge is 2.24.